The van der Waals surface area contributed by atoms with E-state index in [0.29, 0.717) is 35.6 Å². The zero-order valence-corrected chi connectivity index (χ0v) is 18.3. The zero-order chi connectivity index (χ0) is 22.7. The van der Waals surface area contributed by atoms with E-state index in [0.717, 1.165) is 28.6 Å². The van der Waals surface area contributed by atoms with E-state index in [1.807, 2.05) is 30.3 Å². The lowest BCUT2D eigenvalue weighted by atomic mass is 9.99. The predicted molar refractivity (Wildman–Crippen MR) is 125 cm³/mol. The maximum atomic E-state index is 13.0. The number of halogens is 4. The summed E-state index contributed by atoms with van der Waals surface area (Å²) in [6.45, 7) is 0.744. The van der Waals surface area contributed by atoms with Crippen molar-refractivity contribution in [1.29, 1.82) is 0 Å². The number of fused-ring (bicyclic) bond motifs is 1. The van der Waals surface area contributed by atoms with Crippen LogP contribution in [0.2, 0.25) is 0 Å². The van der Waals surface area contributed by atoms with Gasteiger partial charge in [0, 0.05) is 30.5 Å². The van der Waals surface area contributed by atoms with Gasteiger partial charge in [-0.1, -0.05) is 42.5 Å². The molecule has 1 heterocycles. The topological polar surface area (TPSA) is 68.3 Å². The summed E-state index contributed by atoms with van der Waals surface area (Å²) in [5.41, 5.74) is 8.12. The first-order chi connectivity index (χ1) is 15.3. The molecule has 8 heteroatoms. The molecule has 1 amide bonds. The first-order valence-electron chi connectivity index (χ1n) is 10.1. The minimum atomic E-state index is -4.39. The first kappa shape index (κ1) is 24.4. The highest BCUT2D eigenvalue weighted by molar-refractivity contribution is 5.98. The Hall–Kier alpha value is -3.29. The second kappa shape index (κ2) is 10.1. The molecule has 3 aromatic carbocycles. The third-order valence-electron chi connectivity index (χ3n) is 5.11. The van der Waals surface area contributed by atoms with Crippen molar-refractivity contribution in [1.82, 2.24) is 5.32 Å². The Morgan fingerprint density at radius 2 is 1.73 bits per heavy atom. The van der Waals surface area contributed by atoms with E-state index < -0.39 is 11.7 Å². The van der Waals surface area contributed by atoms with Crippen LogP contribution in [0, 0.1) is 0 Å². The molecule has 0 aliphatic heterocycles. The summed E-state index contributed by atoms with van der Waals surface area (Å²) in [4.78, 5) is 12.3. The van der Waals surface area contributed by atoms with E-state index in [9.17, 15) is 18.0 Å². The summed E-state index contributed by atoms with van der Waals surface area (Å²) in [5, 5.41) is 3.58. The number of carbonyl (C=O) groups excluding carboxylic acids is 1. The van der Waals surface area contributed by atoms with Crippen molar-refractivity contribution < 1.29 is 22.4 Å². The van der Waals surface area contributed by atoms with Gasteiger partial charge < -0.3 is 15.5 Å². The standard InChI is InChI=1S/C25H21F3N2O2.ClH/c26-25(27,28)19-7-1-4-16(12-19)13-20-15-22-21(8-3-9-23(22)32-20)17-5-2-6-18(14-17)24(31)30-11-10-29;/h1-9,12,14-15H,10-11,13,29H2,(H,30,31);1H. The van der Waals surface area contributed by atoms with Gasteiger partial charge in [-0.15, -0.1) is 12.4 Å². The highest BCUT2D eigenvalue weighted by atomic mass is 35.5. The molecule has 4 nitrogen and oxygen atoms in total. The summed E-state index contributed by atoms with van der Waals surface area (Å²) in [7, 11) is 0. The Bertz CT molecular complexity index is 1270. The van der Waals surface area contributed by atoms with Crippen molar-refractivity contribution in [2.75, 3.05) is 13.1 Å². The number of nitrogens with one attached hydrogen (secondary N) is 1. The number of hydrogen-bond donors (Lipinski definition) is 2. The highest BCUT2D eigenvalue weighted by Crippen LogP contribution is 2.33. The van der Waals surface area contributed by atoms with Crippen molar-refractivity contribution >= 4 is 29.3 Å². The molecule has 0 radical (unpaired) electrons. The van der Waals surface area contributed by atoms with Crippen LogP contribution < -0.4 is 11.1 Å². The molecule has 172 valence electrons. The number of amides is 1. The number of benzene rings is 3. The maximum Gasteiger partial charge on any atom is 0.416 e. The normalized spacial score (nSPS) is 11.3. The van der Waals surface area contributed by atoms with Gasteiger partial charge >= 0.3 is 6.18 Å². The molecule has 4 aromatic rings. The average molecular weight is 475 g/mol. The van der Waals surface area contributed by atoms with Crippen molar-refractivity contribution in [3.8, 4) is 11.1 Å². The molecule has 0 atom stereocenters. The lowest BCUT2D eigenvalue weighted by Crippen LogP contribution is -2.28. The van der Waals surface area contributed by atoms with E-state index in [1.54, 1.807) is 24.3 Å². The predicted octanol–water partition coefficient (Wildman–Crippen LogP) is 5.82. The SMILES string of the molecule is Cl.NCCNC(=O)c1cccc(-c2cccc3oc(Cc4cccc(C(F)(F)F)c4)cc23)c1. The molecule has 0 unspecified atom stereocenters. The van der Waals surface area contributed by atoms with Gasteiger partial charge in [0.05, 0.1) is 5.56 Å². The summed E-state index contributed by atoms with van der Waals surface area (Å²) >= 11 is 0. The molecule has 33 heavy (non-hydrogen) atoms. The minimum Gasteiger partial charge on any atom is -0.461 e. The second-order valence-electron chi connectivity index (χ2n) is 7.43. The maximum absolute atomic E-state index is 13.0. The molecular weight excluding hydrogens is 453 g/mol. The molecular formula is C25H22ClF3N2O2. The van der Waals surface area contributed by atoms with Gasteiger partial charge in [0.25, 0.3) is 5.91 Å². The number of nitrogens with two attached hydrogens (primary N) is 1. The fraction of sp³-hybridized carbons (Fsp3) is 0.160. The highest BCUT2D eigenvalue weighted by Gasteiger charge is 2.30. The number of carbonyl (C=O) groups is 1. The lowest BCUT2D eigenvalue weighted by Gasteiger charge is -2.07. The molecule has 0 saturated carbocycles. The number of furan rings is 1. The van der Waals surface area contributed by atoms with Gasteiger partial charge in [0.15, 0.2) is 0 Å². The molecule has 1 aromatic heterocycles. The molecule has 0 aliphatic rings. The van der Waals surface area contributed by atoms with Crippen LogP contribution in [0.15, 0.2) is 77.2 Å². The van der Waals surface area contributed by atoms with Gasteiger partial charge in [-0.05, 0) is 47.0 Å². The van der Waals surface area contributed by atoms with Crippen molar-refractivity contribution in [3.63, 3.8) is 0 Å². The Morgan fingerprint density at radius 1 is 0.970 bits per heavy atom. The third kappa shape index (κ3) is 5.56. The first-order valence-corrected chi connectivity index (χ1v) is 10.1. The fourth-order valence-corrected chi connectivity index (χ4v) is 3.63. The van der Waals surface area contributed by atoms with Gasteiger partial charge in [-0.3, -0.25) is 4.79 Å². The second-order valence-corrected chi connectivity index (χ2v) is 7.43. The van der Waals surface area contributed by atoms with Gasteiger partial charge in [0.2, 0.25) is 0 Å². The van der Waals surface area contributed by atoms with Crippen LogP contribution in [-0.2, 0) is 12.6 Å². The summed E-state index contributed by atoms with van der Waals surface area (Å²) in [5.74, 6) is 0.352. The van der Waals surface area contributed by atoms with Crippen molar-refractivity contribution in [2.24, 2.45) is 5.73 Å². The van der Waals surface area contributed by atoms with Crippen molar-refractivity contribution in [3.05, 3.63) is 95.2 Å². The monoisotopic (exact) mass is 474 g/mol. The van der Waals surface area contributed by atoms with Crippen LogP contribution in [0.25, 0.3) is 22.1 Å². The Morgan fingerprint density at radius 3 is 2.48 bits per heavy atom. The smallest absolute Gasteiger partial charge is 0.416 e. The largest absolute Gasteiger partial charge is 0.461 e. The fourth-order valence-electron chi connectivity index (χ4n) is 3.63. The summed E-state index contributed by atoms with van der Waals surface area (Å²) in [6, 6.07) is 19.9. The Balaban J connectivity index is 0.00000306. The summed E-state index contributed by atoms with van der Waals surface area (Å²) < 4.78 is 45.0. The van der Waals surface area contributed by atoms with Crippen LogP contribution in [0.5, 0.6) is 0 Å². The third-order valence-corrected chi connectivity index (χ3v) is 5.11. The van der Waals surface area contributed by atoms with Crippen LogP contribution in [-0.4, -0.2) is 19.0 Å². The van der Waals surface area contributed by atoms with Gasteiger partial charge in [-0.25, -0.2) is 0 Å². The van der Waals surface area contributed by atoms with Gasteiger partial charge in [0.1, 0.15) is 11.3 Å². The Kier molecular flexibility index (Phi) is 7.46. The van der Waals surface area contributed by atoms with Crippen LogP contribution in [0.3, 0.4) is 0 Å². The molecule has 4 rings (SSSR count). The number of hydrogen-bond acceptors (Lipinski definition) is 3. The van der Waals surface area contributed by atoms with E-state index >= 15 is 0 Å². The van der Waals surface area contributed by atoms with Gasteiger partial charge in [-0.2, -0.15) is 13.2 Å². The van der Waals surface area contributed by atoms with E-state index in [4.69, 9.17) is 10.2 Å². The molecule has 3 N–H and O–H groups in total. The Labute approximate surface area is 195 Å². The molecule has 0 fully saturated rings. The minimum absolute atomic E-state index is 0. The summed E-state index contributed by atoms with van der Waals surface area (Å²) in [6.07, 6.45) is -4.15. The number of alkyl halides is 3. The average Bonchev–Trinajstić information content (AvgIpc) is 3.19. The zero-order valence-electron chi connectivity index (χ0n) is 17.5. The number of rotatable bonds is 6. The molecule has 0 aliphatic carbocycles. The van der Waals surface area contributed by atoms with Crippen LogP contribution >= 0.6 is 12.4 Å². The van der Waals surface area contributed by atoms with Crippen LogP contribution in [0.4, 0.5) is 13.2 Å². The molecule has 0 spiro atoms. The quantitative estimate of drug-likeness (QED) is 0.370. The lowest BCUT2D eigenvalue weighted by molar-refractivity contribution is -0.137. The molecule has 0 bridgehead atoms. The van der Waals surface area contributed by atoms with Crippen molar-refractivity contribution in [2.45, 2.75) is 12.6 Å². The molecule has 0 saturated heterocycles. The van der Waals surface area contributed by atoms with E-state index in [2.05, 4.69) is 5.32 Å². The van der Waals surface area contributed by atoms with E-state index in [-0.39, 0.29) is 24.7 Å². The van der Waals surface area contributed by atoms with Crippen LogP contribution in [0.1, 0.15) is 27.2 Å². The van der Waals surface area contributed by atoms with E-state index in [1.165, 1.54) is 6.07 Å².